The Balaban J connectivity index is 3.63. The molecule has 0 aromatic rings. The molecule has 0 heterocycles. The molecule has 0 saturated heterocycles. The van der Waals surface area contributed by atoms with E-state index < -0.39 is 0 Å². The molecule has 0 spiro atoms. The molecular weight excluding hydrogens is 276 g/mol. The summed E-state index contributed by atoms with van der Waals surface area (Å²) >= 11 is 6.29. The maximum atomic E-state index is 10.9. The third kappa shape index (κ3) is 5.44. The van der Waals surface area contributed by atoms with Crippen LogP contribution in [0.2, 0.25) is 0 Å². The summed E-state index contributed by atoms with van der Waals surface area (Å²) in [6, 6.07) is 0. The van der Waals surface area contributed by atoms with Gasteiger partial charge in [-0.1, -0.05) is 45.7 Å². The lowest BCUT2D eigenvalue weighted by Gasteiger charge is -2.05. The number of hydrogen-bond acceptors (Lipinski definition) is 2. The van der Waals surface area contributed by atoms with E-state index in [2.05, 4.69) is 31.9 Å². The largest absolute Gasteiger partial charge is 0.460 e. The number of halogens is 2. The smallest absolute Gasteiger partial charge is 0.308 e. The van der Waals surface area contributed by atoms with Crippen LogP contribution in [0, 0.1) is 5.92 Å². The molecule has 0 rings (SSSR count). The summed E-state index contributed by atoms with van der Waals surface area (Å²) in [6.45, 7) is 3.89. The van der Waals surface area contributed by atoms with Gasteiger partial charge in [0, 0.05) is 4.48 Å². The first kappa shape index (κ1) is 11.2. The van der Waals surface area contributed by atoms with Gasteiger partial charge in [-0.2, -0.15) is 0 Å². The van der Waals surface area contributed by atoms with Crippen molar-refractivity contribution in [1.29, 1.82) is 0 Å². The van der Waals surface area contributed by atoms with E-state index in [-0.39, 0.29) is 11.9 Å². The highest BCUT2D eigenvalue weighted by molar-refractivity contribution is 9.14. The van der Waals surface area contributed by atoms with Crippen molar-refractivity contribution in [2.75, 3.05) is 6.61 Å². The van der Waals surface area contributed by atoms with Gasteiger partial charge >= 0.3 is 5.97 Å². The second kappa shape index (κ2) is 5.77. The van der Waals surface area contributed by atoms with Gasteiger partial charge < -0.3 is 4.74 Å². The first-order chi connectivity index (χ1) is 5.07. The number of esters is 1. The fraction of sp³-hybridized carbons (Fsp3) is 0.571. The maximum absolute atomic E-state index is 10.9. The van der Waals surface area contributed by atoms with Crippen LogP contribution in [0.15, 0.2) is 9.47 Å². The lowest BCUT2D eigenvalue weighted by Crippen LogP contribution is -2.12. The lowest BCUT2D eigenvalue weighted by atomic mass is 10.2. The van der Waals surface area contributed by atoms with Crippen molar-refractivity contribution in [2.45, 2.75) is 13.8 Å². The zero-order valence-corrected chi connectivity index (χ0v) is 9.61. The van der Waals surface area contributed by atoms with E-state index in [1.165, 1.54) is 0 Å². The molecule has 2 nitrogen and oxygen atoms in total. The summed E-state index contributed by atoms with van der Waals surface area (Å²) in [5, 5.41) is 0. The van der Waals surface area contributed by atoms with Gasteiger partial charge in [0.1, 0.15) is 6.61 Å². The molecule has 0 aromatic carbocycles. The minimum Gasteiger partial charge on any atom is -0.460 e. The van der Waals surface area contributed by atoms with Crippen molar-refractivity contribution >= 4 is 37.8 Å². The van der Waals surface area contributed by atoms with Crippen LogP contribution in [-0.2, 0) is 9.53 Å². The highest BCUT2D eigenvalue weighted by atomic mass is 79.9. The molecule has 0 radical (unpaired) electrons. The number of hydrogen-bond donors (Lipinski definition) is 0. The molecule has 0 aliphatic heterocycles. The van der Waals surface area contributed by atoms with Gasteiger partial charge in [0.2, 0.25) is 0 Å². The first-order valence-corrected chi connectivity index (χ1v) is 4.90. The maximum Gasteiger partial charge on any atom is 0.308 e. The number of carbonyl (C=O) groups excluding carboxylic acids is 1. The van der Waals surface area contributed by atoms with Crippen molar-refractivity contribution < 1.29 is 9.53 Å². The van der Waals surface area contributed by atoms with Gasteiger partial charge in [0.05, 0.1) is 5.92 Å². The Labute approximate surface area is 83.2 Å². The molecule has 0 aliphatic rings. The summed E-state index contributed by atoms with van der Waals surface area (Å²) in [5.74, 6) is -0.248. The Morgan fingerprint density at radius 1 is 1.64 bits per heavy atom. The molecule has 4 heteroatoms. The molecule has 0 atom stereocenters. The zero-order chi connectivity index (χ0) is 8.85. The molecular formula is C7H10Br2O2. The van der Waals surface area contributed by atoms with Gasteiger partial charge in [-0.05, 0) is 4.99 Å². The van der Waals surface area contributed by atoms with E-state index >= 15 is 0 Å². The summed E-state index contributed by atoms with van der Waals surface area (Å²) in [6.07, 6.45) is 0. The van der Waals surface area contributed by atoms with Gasteiger partial charge in [-0.15, -0.1) is 0 Å². The quantitative estimate of drug-likeness (QED) is 0.746. The predicted octanol–water partition coefficient (Wildman–Crippen LogP) is 2.82. The molecule has 11 heavy (non-hydrogen) atoms. The standard InChI is InChI=1S/C7H10Br2O2/c1-5(2)7(10)11-4-6(9)3-8/h3,5H,4H2,1-2H3. The molecule has 0 bridgehead atoms. The van der Waals surface area contributed by atoms with Crippen molar-refractivity contribution in [1.82, 2.24) is 0 Å². The summed E-state index contributed by atoms with van der Waals surface area (Å²) in [4.78, 5) is 12.5. The summed E-state index contributed by atoms with van der Waals surface area (Å²) < 4.78 is 5.68. The van der Waals surface area contributed by atoms with Crippen molar-refractivity contribution in [2.24, 2.45) is 5.92 Å². The second-order valence-electron chi connectivity index (χ2n) is 2.32. The fourth-order valence-electron chi connectivity index (χ4n) is 0.338. The van der Waals surface area contributed by atoms with Crippen LogP contribution in [0.3, 0.4) is 0 Å². The number of rotatable bonds is 3. The van der Waals surface area contributed by atoms with Crippen LogP contribution in [0.4, 0.5) is 0 Å². The van der Waals surface area contributed by atoms with Crippen LogP contribution in [-0.4, -0.2) is 12.6 Å². The summed E-state index contributed by atoms with van der Waals surface area (Å²) in [5.41, 5.74) is 0. The molecule has 0 aliphatic carbocycles. The number of ether oxygens (including phenoxy) is 1. The van der Waals surface area contributed by atoms with Crippen molar-refractivity contribution in [3.63, 3.8) is 0 Å². The molecule has 0 saturated carbocycles. The van der Waals surface area contributed by atoms with E-state index in [1.807, 2.05) is 0 Å². The minimum absolute atomic E-state index is 0.0642. The molecule has 64 valence electrons. The van der Waals surface area contributed by atoms with Crippen LogP contribution in [0.5, 0.6) is 0 Å². The average Bonchev–Trinajstić information content (AvgIpc) is 1.99. The monoisotopic (exact) mass is 284 g/mol. The Hall–Kier alpha value is 0.170. The van der Waals surface area contributed by atoms with Crippen LogP contribution in [0.25, 0.3) is 0 Å². The third-order valence-electron chi connectivity index (χ3n) is 0.942. The van der Waals surface area contributed by atoms with Gasteiger partial charge in [-0.3, -0.25) is 4.79 Å². The zero-order valence-electron chi connectivity index (χ0n) is 6.43. The molecule has 0 fully saturated rings. The van der Waals surface area contributed by atoms with E-state index in [0.29, 0.717) is 6.61 Å². The molecule has 0 aromatic heterocycles. The number of carbonyl (C=O) groups is 1. The highest BCUT2D eigenvalue weighted by Crippen LogP contribution is 2.08. The van der Waals surface area contributed by atoms with Gasteiger partial charge in [0.25, 0.3) is 0 Å². The summed E-state index contributed by atoms with van der Waals surface area (Å²) in [7, 11) is 0. The average molecular weight is 286 g/mol. The molecule has 0 amide bonds. The van der Waals surface area contributed by atoms with Crippen LogP contribution in [0.1, 0.15) is 13.8 Å². The fourth-order valence-corrected chi connectivity index (χ4v) is 0.585. The SMILES string of the molecule is CC(C)C(=O)OCC(Br)=CBr. The van der Waals surface area contributed by atoms with E-state index in [1.54, 1.807) is 18.8 Å². The van der Waals surface area contributed by atoms with Crippen molar-refractivity contribution in [3.05, 3.63) is 9.47 Å². The van der Waals surface area contributed by atoms with Crippen LogP contribution < -0.4 is 0 Å². The Kier molecular flexibility index (Phi) is 5.86. The topological polar surface area (TPSA) is 26.3 Å². The minimum atomic E-state index is -0.184. The van der Waals surface area contributed by atoms with Crippen LogP contribution >= 0.6 is 31.9 Å². The predicted molar refractivity (Wildman–Crippen MR) is 51.7 cm³/mol. The Morgan fingerprint density at radius 3 is 2.55 bits per heavy atom. The van der Waals surface area contributed by atoms with E-state index in [4.69, 9.17) is 4.74 Å². The Morgan fingerprint density at radius 2 is 2.18 bits per heavy atom. The first-order valence-electron chi connectivity index (χ1n) is 3.19. The molecule has 0 N–H and O–H groups in total. The lowest BCUT2D eigenvalue weighted by molar-refractivity contribution is -0.146. The normalized spacial score (nSPS) is 11.9. The molecule has 0 unspecified atom stereocenters. The van der Waals surface area contributed by atoms with Crippen molar-refractivity contribution in [3.8, 4) is 0 Å². The second-order valence-corrected chi connectivity index (χ2v) is 3.79. The van der Waals surface area contributed by atoms with Gasteiger partial charge in [-0.25, -0.2) is 0 Å². The van der Waals surface area contributed by atoms with E-state index in [0.717, 1.165) is 4.48 Å². The van der Waals surface area contributed by atoms with E-state index in [9.17, 15) is 4.79 Å². The Bertz CT molecular complexity index is 164. The third-order valence-corrected chi connectivity index (χ3v) is 2.57. The van der Waals surface area contributed by atoms with Gasteiger partial charge in [0.15, 0.2) is 0 Å². The highest BCUT2D eigenvalue weighted by Gasteiger charge is 2.07.